The molecule has 0 aromatic carbocycles. The molecule has 0 N–H and O–H groups in total. The molecule has 92 valence electrons. The molecule has 0 aromatic rings. The van der Waals surface area contributed by atoms with Crippen LogP contribution in [0.1, 0.15) is 26.2 Å². The van der Waals surface area contributed by atoms with Gasteiger partial charge in [-0.25, -0.2) is 8.42 Å². The summed E-state index contributed by atoms with van der Waals surface area (Å²) in [4.78, 5) is 12.8. The Morgan fingerprint density at radius 2 is 2.00 bits per heavy atom. The Morgan fingerprint density at radius 1 is 1.38 bits per heavy atom. The molecule has 0 atom stereocenters. The summed E-state index contributed by atoms with van der Waals surface area (Å²) in [6.07, 6.45) is 0.842. The molecule has 0 saturated heterocycles. The standard InChI is InChI=1S/C10H18N2O3S/c1-3-8-16(14,15)9-5-10(13)12(2)7-4-6-11/h3-5,7-9H2,1-2H3. The summed E-state index contributed by atoms with van der Waals surface area (Å²) >= 11 is 0. The second-order valence-corrected chi connectivity index (χ2v) is 5.93. The molecule has 0 heterocycles. The molecule has 0 radical (unpaired) electrons. The number of hydrogen-bond acceptors (Lipinski definition) is 4. The average molecular weight is 246 g/mol. The lowest BCUT2D eigenvalue weighted by atomic mass is 10.3. The molecule has 0 aliphatic carbocycles. The normalized spacial score (nSPS) is 10.8. The van der Waals surface area contributed by atoms with Gasteiger partial charge in [-0.1, -0.05) is 6.92 Å². The maximum atomic E-state index is 11.5. The quantitative estimate of drug-likeness (QED) is 0.658. The van der Waals surface area contributed by atoms with Crippen LogP contribution < -0.4 is 0 Å². The van der Waals surface area contributed by atoms with Gasteiger partial charge in [0.05, 0.1) is 18.2 Å². The SMILES string of the molecule is CCCS(=O)(=O)CCC(=O)N(C)CCC#N. The molecule has 0 unspecified atom stereocenters. The van der Waals surface area contributed by atoms with Gasteiger partial charge < -0.3 is 4.90 Å². The van der Waals surface area contributed by atoms with E-state index in [-0.39, 0.29) is 30.3 Å². The number of amides is 1. The molecule has 6 heteroatoms. The first kappa shape index (κ1) is 14.9. The molecule has 0 saturated carbocycles. The van der Waals surface area contributed by atoms with Gasteiger partial charge in [0.25, 0.3) is 0 Å². The molecule has 16 heavy (non-hydrogen) atoms. The van der Waals surface area contributed by atoms with E-state index in [2.05, 4.69) is 0 Å². The number of carbonyl (C=O) groups excluding carboxylic acids is 1. The Morgan fingerprint density at radius 3 is 2.50 bits per heavy atom. The van der Waals surface area contributed by atoms with E-state index in [9.17, 15) is 13.2 Å². The molecule has 0 aliphatic heterocycles. The number of nitrogens with zero attached hydrogens (tertiary/aromatic N) is 2. The van der Waals surface area contributed by atoms with Crippen LogP contribution in [0.15, 0.2) is 0 Å². The van der Waals surface area contributed by atoms with Gasteiger partial charge in [-0.3, -0.25) is 4.79 Å². The minimum absolute atomic E-state index is 0.00423. The lowest BCUT2D eigenvalue weighted by Crippen LogP contribution is -2.29. The largest absolute Gasteiger partial charge is 0.345 e. The average Bonchev–Trinajstić information content (AvgIpc) is 2.22. The Bertz CT molecular complexity index is 357. The molecule has 5 nitrogen and oxygen atoms in total. The zero-order valence-electron chi connectivity index (χ0n) is 9.77. The molecule has 0 aliphatic rings. The lowest BCUT2D eigenvalue weighted by molar-refractivity contribution is -0.129. The maximum Gasteiger partial charge on any atom is 0.223 e. The molecule has 1 amide bonds. The molecule has 0 rings (SSSR count). The Hall–Kier alpha value is -1.09. The van der Waals surface area contributed by atoms with Crippen molar-refractivity contribution in [2.45, 2.75) is 26.2 Å². The molecule has 0 fully saturated rings. The molecule has 0 aromatic heterocycles. The van der Waals surface area contributed by atoms with E-state index in [1.807, 2.05) is 6.07 Å². The second-order valence-electron chi connectivity index (χ2n) is 3.63. The molecule has 0 bridgehead atoms. The van der Waals surface area contributed by atoms with Crippen molar-refractivity contribution in [3.63, 3.8) is 0 Å². The van der Waals surface area contributed by atoms with Crippen molar-refractivity contribution in [2.75, 3.05) is 25.1 Å². The number of hydrogen-bond donors (Lipinski definition) is 0. The zero-order valence-corrected chi connectivity index (χ0v) is 10.6. The summed E-state index contributed by atoms with van der Waals surface area (Å²) in [7, 11) is -1.52. The van der Waals surface area contributed by atoms with E-state index in [1.54, 1.807) is 14.0 Å². The topological polar surface area (TPSA) is 78.2 Å². The number of carbonyl (C=O) groups is 1. The second kappa shape index (κ2) is 7.23. The van der Waals surface area contributed by atoms with Crippen LogP contribution in [-0.4, -0.2) is 44.3 Å². The van der Waals surface area contributed by atoms with Crippen molar-refractivity contribution in [2.24, 2.45) is 0 Å². The van der Waals surface area contributed by atoms with Crippen LogP contribution in [-0.2, 0) is 14.6 Å². The fraction of sp³-hybridized carbons (Fsp3) is 0.800. The first-order valence-corrected chi connectivity index (χ1v) is 7.06. The predicted molar refractivity (Wildman–Crippen MR) is 61.4 cm³/mol. The Kier molecular flexibility index (Phi) is 6.74. The highest BCUT2D eigenvalue weighted by molar-refractivity contribution is 7.91. The van der Waals surface area contributed by atoms with E-state index < -0.39 is 9.84 Å². The smallest absolute Gasteiger partial charge is 0.223 e. The third-order valence-electron chi connectivity index (χ3n) is 2.13. The highest BCUT2D eigenvalue weighted by Crippen LogP contribution is 2.00. The molecular formula is C10H18N2O3S. The minimum atomic E-state index is -3.09. The van der Waals surface area contributed by atoms with Gasteiger partial charge in [0.1, 0.15) is 0 Å². The minimum Gasteiger partial charge on any atom is -0.345 e. The van der Waals surface area contributed by atoms with Gasteiger partial charge in [0.15, 0.2) is 9.84 Å². The van der Waals surface area contributed by atoms with Crippen LogP contribution in [0.4, 0.5) is 0 Å². The molecule has 0 spiro atoms. The van der Waals surface area contributed by atoms with E-state index in [0.717, 1.165) is 0 Å². The number of sulfone groups is 1. The van der Waals surface area contributed by atoms with Crippen molar-refractivity contribution >= 4 is 15.7 Å². The first-order valence-electron chi connectivity index (χ1n) is 5.24. The number of nitriles is 1. The Labute approximate surface area is 97.0 Å². The van der Waals surface area contributed by atoms with Crippen LogP contribution in [0, 0.1) is 11.3 Å². The highest BCUT2D eigenvalue weighted by Gasteiger charge is 2.14. The van der Waals surface area contributed by atoms with Gasteiger partial charge in [-0.2, -0.15) is 5.26 Å². The lowest BCUT2D eigenvalue weighted by Gasteiger charge is -2.15. The third-order valence-corrected chi connectivity index (χ3v) is 3.98. The summed E-state index contributed by atoms with van der Waals surface area (Å²) < 4.78 is 22.7. The third kappa shape index (κ3) is 6.40. The van der Waals surface area contributed by atoms with E-state index in [4.69, 9.17) is 5.26 Å². The van der Waals surface area contributed by atoms with Crippen molar-refractivity contribution in [3.8, 4) is 6.07 Å². The monoisotopic (exact) mass is 246 g/mol. The summed E-state index contributed by atoms with van der Waals surface area (Å²) in [5, 5.41) is 8.34. The van der Waals surface area contributed by atoms with Gasteiger partial charge in [-0.15, -0.1) is 0 Å². The summed E-state index contributed by atoms with van der Waals surface area (Å²) in [5.41, 5.74) is 0. The van der Waals surface area contributed by atoms with Gasteiger partial charge >= 0.3 is 0 Å². The highest BCUT2D eigenvalue weighted by atomic mass is 32.2. The van der Waals surface area contributed by atoms with E-state index >= 15 is 0 Å². The van der Waals surface area contributed by atoms with Crippen molar-refractivity contribution in [1.82, 2.24) is 4.90 Å². The Balaban J connectivity index is 4.03. The van der Waals surface area contributed by atoms with Crippen LogP contribution in [0.25, 0.3) is 0 Å². The van der Waals surface area contributed by atoms with Crippen LogP contribution in [0.3, 0.4) is 0 Å². The van der Waals surface area contributed by atoms with Crippen molar-refractivity contribution in [1.29, 1.82) is 5.26 Å². The van der Waals surface area contributed by atoms with Gasteiger partial charge in [-0.05, 0) is 6.42 Å². The summed E-state index contributed by atoms with van der Waals surface area (Å²) in [6, 6.07) is 1.93. The summed E-state index contributed by atoms with van der Waals surface area (Å²) in [6.45, 7) is 2.14. The fourth-order valence-corrected chi connectivity index (χ4v) is 2.50. The van der Waals surface area contributed by atoms with Gasteiger partial charge in [0, 0.05) is 25.8 Å². The number of rotatable bonds is 7. The summed E-state index contributed by atoms with van der Waals surface area (Å²) in [5.74, 6) is -0.200. The first-order chi connectivity index (χ1) is 7.43. The van der Waals surface area contributed by atoms with Crippen molar-refractivity contribution < 1.29 is 13.2 Å². The van der Waals surface area contributed by atoms with E-state index in [0.29, 0.717) is 13.0 Å². The predicted octanol–water partition coefficient (Wildman–Crippen LogP) is 0.573. The van der Waals surface area contributed by atoms with Crippen molar-refractivity contribution in [3.05, 3.63) is 0 Å². The van der Waals surface area contributed by atoms with Crippen LogP contribution in [0.2, 0.25) is 0 Å². The van der Waals surface area contributed by atoms with Gasteiger partial charge in [0.2, 0.25) is 5.91 Å². The maximum absolute atomic E-state index is 11.5. The zero-order chi connectivity index (χ0) is 12.6. The van der Waals surface area contributed by atoms with Crippen LogP contribution in [0.5, 0.6) is 0 Å². The van der Waals surface area contributed by atoms with E-state index in [1.165, 1.54) is 4.90 Å². The fourth-order valence-electron chi connectivity index (χ4n) is 1.19. The molecular weight excluding hydrogens is 228 g/mol. The van der Waals surface area contributed by atoms with Crippen LogP contribution >= 0.6 is 0 Å².